The molecule has 0 saturated heterocycles. The number of carbonyl (C=O) groups is 1. The minimum atomic E-state index is -3.67. The fourth-order valence-corrected chi connectivity index (χ4v) is 3.59. The Morgan fingerprint density at radius 1 is 1.04 bits per heavy atom. The lowest BCUT2D eigenvalue weighted by atomic mass is 10.1. The lowest BCUT2D eigenvalue weighted by Gasteiger charge is -2.08. The van der Waals surface area contributed by atoms with Crippen LogP contribution < -0.4 is 10.0 Å². The van der Waals surface area contributed by atoms with E-state index in [4.69, 9.17) is 0 Å². The Balaban J connectivity index is 1.59. The number of nitrogens with zero attached hydrogens (tertiary/aromatic N) is 1. The molecule has 0 fully saturated rings. The van der Waals surface area contributed by atoms with Crippen LogP contribution in [0.2, 0.25) is 0 Å². The molecule has 1 heterocycles. The van der Waals surface area contributed by atoms with Crippen molar-refractivity contribution in [3.05, 3.63) is 66.4 Å². The standard InChI is InChI=1S/C19H19N3O3S/c1-14-8-10-20-18(12-14)22-19(23)9-11-21-26(24,25)17-7-6-15-4-2-3-5-16(15)13-17/h2-8,10,12-13,21H,9,11H2,1H3,(H,20,22,23). The first-order valence-corrected chi connectivity index (χ1v) is 9.63. The molecule has 0 unspecified atom stereocenters. The van der Waals surface area contributed by atoms with Crippen LogP contribution in [0.25, 0.3) is 10.8 Å². The summed E-state index contributed by atoms with van der Waals surface area (Å²) >= 11 is 0. The number of sulfonamides is 1. The normalized spacial score (nSPS) is 11.4. The second-order valence-corrected chi connectivity index (χ2v) is 7.69. The molecule has 2 aromatic carbocycles. The highest BCUT2D eigenvalue weighted by Gasteiger charge is 2.14. The number of amides is 1. The molecule has 0 atom stereocenters. The zero-order valence-corrected chi connectivity index (χ0v) is 15.1. The van der Waals surface area contributed by atoms with Crippen LogP contribution in [0.1, 0.15) is 12.0 Å². The molecular weight excluding hydrogens is 350 g/mol. The van der Waals surface area contributed by atoms with Gasteiger partial charge in [-0.25, -0.2) is 18.1 Å². The number of hydrogen-bond donors (Lipinski definition) is 2. The maximum atomic E-state index is 12.4. The van der Waals surface area contributed by atoms with Crippen molar-refractivity contribution in [3.63, 3.8) is 0 Å². The van der Waals surface area contributed by atoms with Gasteiger partial charge in [0.2, 0.25) is 15.9 Å². The van der Waals surface area contributed by atoms with E-state index in [1.54, 1.807) is 30.5 Å². The maximum Gasteiger partial charge on any atom is 0.240 e. The van der Waals surface area contributed by atoms with Crippen LogP contribution >= 0.6 is 0 Å². The van der Waals surface area contributed by atoms with Gasteiger partial charge in [-0.15, -0.1) is 0 Å². The first-order valence-electron chi connectivity index (χ1n) is 8.15. The summed E-state index contributed by atoms with van der Waals surface area (Å²) in [5.74, 6) is 0.150. The van der Waals surface area contributed by atoms with Crippen molar-refractivity contribution in [1.82, 2.24) is 9.71 Å². The fraction of sp³-hybridized carbons (Fsp3) is 0.158. The average Bonchev–Trinajstić information content (AvgIpc) is 2.61. The van der Waals surface area contributed by atoms with Gasteiger partial charge < -0.3 is 5.32 Å². The van der Waals surface area contributed by atoms with Gasteiger partial charge in [0.05, 0.1) is 4.90 Å². The third kappa shape index (κ3) is 4.44. The van der Waals surface area contributed by atoms with Crippen LogP contribution in [0.4, 0.5) is 5.82 Å². The predicted octanol–water partition coefficient (Wildman–Crippen LogP) is 2.85. The molecule has 6 nitrogen and oxygen atoms in total. The molecule has 0 spiro atoms. The molecule has 0 saturated carbocycles. The lowest BCUT2D eigenvalue weighted by molar-refractivity contribution is -0.116. The first-order chi connectivity index (χ1) is 12.4. The number of carbonyl (C=O) groups excluding carboxylic acids is 1. The van der Waals surface area contributed by atoms with Crippen LogP contribution in [0.15, 0.2) is 65.7 Å². The minimum Gasteiger partial charge on any atom is -0.311 e. The van der Waals surface area contributed by atoms with E-state index in [1.807, 2.05) is 37.3 Å². The van der Waals surface area contributed by atoms with Crippen molar-refractivity contribution in [1.29, 1.82) is 0 Å². The number of rotatable bonds is 6. The number of anilines is 1. The minimum absolute atomic E-state index is 0.00676. The summed E-state index contributed by atoms with van der Waals surface area (Å²) in [4.78, 5) is 16.2. The Labute approximate surface area is 152 Å². The summed E-state index contributed by atoms with van der Waals surface area (Å²) in [6, 6.07) is 16.0. The molecule has 1 aromatic heterocycles. The van der Waals surface area contributed by atoms with E-state index in [0.717, 1.165) is 16.3 Å². The Morgan fingerprint density at radius 2 is 1.81 bits per heavy atom. The Morgan fingerprint density at radius 3 is 2.58 bits per heavy atom. The monoisotopic (exact) mass is 369 g/mol. The number of aryl methyl sites for hydroxylation is 1. The van der Waals surface area contributed by atoms with Gasteiger partial charge in [-0.2, -0.15) is 0 Å². The SMILES string of the molecule is Cc1ccnc(NC(=O)CCNS(=O)(=O)c2ccc3ccccc3c2)c1. The lowest BCUT2D eigenvalue weighted by Crippen LogP contribution is -2.28. The van der Waals surface area contributed by atoms with Gasteiger partial charge >= 0.3 is 0 Å². The number of fused-ring (bicyclic) bond motifs is 1. The summed E-state index contributed by atoms with van der Waals surface area (Å²) in [6.07, 6.45) is 1.62. The van der Waals surface area contributed by atoms with E-state index in [2.05, 4.69) is 15.0 Å². The topological polar surface area (TPSA) is 88.2 Å². The zero-order chi connectivity index (χ0) is 18.6. The van der Waals surface area contributed by atoms with Gasteiger partial charge in [0, 0.05) is 19.2 Å². The number of pyridine rings is 1. The number of benzene rings is 2. The highest BCUT2D eigenvalue weighted by atomic mass is 32.2. The van der Waals surface area contributed by atoms with Crippen molar-refractivity contribution in [2.45, 2.75) is 18.2 Å². The quantitative estimate of drug-likeness (QED) is 0.699. The van der Waals surface area contributed by atoms with Gasteiger partial charge in [0.1, 0.15) is 5.82 Å². The summed E-state index contributed by atoms with van der Waals surface area (Å²) < 4.78 is 27.3. The van der Waals surface area contributed by atoms with Crippen molar-refractivity contribution in [2.75, 3.05) is 11.9 Å². The van der Waals surface area contributed by atoms with Gasteiger partial charge in [-0.1, -0.05) is 30.3 Å². The number of nitrogens with one attached hydrogen (secondary N) is 2. The summed E-state index contributed by atoms with van der Waals surface area (Å²) in [6.45, 7) is 1.90. The molecule has 0 radical (unpaired) electrons. The molecule has 26 heavy (non-hydrogen) atoms. The molecule has 2 N–H and O–H groups in total. The van der Waals surface area contributed by atoms with Crippen molar-refractivity contribution < 1.29 is 13.2 Å². The van der Waals surface area contributed by atoms with Crippen LogP contribution in [0.5, 0.6) is 0 Å². The Hall–Kier alpha value is -2.77. The fourth-order valence-electron chi connectivity index (χ4n) is 2.53. The third-order valence-electron chi connectivity index (χ3n) is 3.86. The molecule has 134 valence electrons. The molecule has 0 bridgehead atoms. The van der Waals surface area contributed by atoms with Crippen LogP contribution in [0, 0.1) is 6.92 Å². The Kier molecular flexibility index (Phi) is 5.29. The molecule has 7 heteroatoms. The van der Waals surface area contributed by atoms with Gasteiger partial charge in [-0.05, 0) is 47.5 Å². The highest BCUT2D eigenvalue weighted by Crippen LogP contribution is 2.18. The van der Waals surface area contributed by atoms with Gasteiger partial charge in [-0.3, -0.25) is 4.79 Å². The molecule has 3 aromatic rings. The van der Waals surface area contributed by atoms with E-state index in [1.165, 1.54) is 0 Å². The summed E-state index contributed by atoms with van der Waals surface area (Å²) in [7, 11) is -3.67. The second-order valence-electron chi connectivity index (χ2n) is 5.92. The predicted molar refractivity (Wildman–Crippen MR) is 101 cm³/mol. The second kappa shape index (κ2) is 7.63. The van der Waals surface area contributed by atoms with E-state index < -0.39 is 10.0 Å². The van der Waals surface area contributed by atoms with E-state index in [9.17, 15) is 13.2 Å². The van der Waals surface area contributed by atoms with E-state index in [-0.39, 0.29) is 23.8 Å². The Bertz CT molecular complexity index is 1050. The van der Waals surface area contributed by atoms with Crippen molar-refractivity contribution in [2.24, 2.45) is 0 Å². The average molecular weight is 369 g/mol. The summed E-state index contributed by atoms with van der Waals surface area (Å²) in [5, 5.41) is 4.46. The van der Waals surface area contributed by atoms with E-state index >= 15 is 0 Å². The van der Waals surface area contributed by atoms with Crippen LogP contribution in [-0.4, -0.2) is 25.9 Å². The number of hydrogen-bond acceptors (Lipinski definition) is 4. The third-order valence-corrected chi connectivity index (χ3v) is 5.32. The van der Waals surface area contributed by atoms with Crippen molar-refractivity contribution in [3.8, 4) is 0 Å². The van der Waals surface area contributed by atoms with Gasteiger partial charge in [0.15, 0.2) is 0 Å². The van der Waals surface area contributed by atoms with Crippen LogP contribution in [-0.2, 0) is 14.8 Å². The van der Waals surface area contributed by atoms with Crippen molar-refractivity contribution >= 4 is 32.5 Å². The highest BCUT2D eigenvalue weighted by molar-refractivity contribution is 7.89. The summed E-state index contributed by atoms with van der Waals surface area (Å²) in [5.41, 5.74) is 0.979. The molecular formula is C19H19N3O3S. The molecule has 3 rings (SSSR count). The van der Waals surface area contributed by atoms with Crippen LogP contribution in [0.3, 0.4) is 0 Å². The molecule has 1 amide bonds. The molecule has 0 aliphatic heterocycles. The van der Waals surface area contributed by atoms with E-state index in [0.29, 0.717) is 5.82 Å². The van der Waals surface area contributed by atoms with Gasteiger partial charge in [0.25, 0.3) is 0 Å². The smallest absolute Gasteiger partial charge is 0.240 e. The largest absolute Gasteiger partial charge is 0.311 e. The maximum absolute atomic E-state index is 12.4. The zero-order valence-electron chi connectivity index (χ0n) is 14.3. The number of aromatic nitrogens is 1. The first kappa shape index (κ1) is 18.0. The molecule has 0 aliphatic carbocycles. The molecule has 0 aliphatic rings.